The van der Waals surface area contributed by atoms with Crippen molar-refractivity contribution in [2.75, 3.05) is 13.2 Å². The zero-order chi connectivity index (χ0) is 14.0. The first kappa shape index (κ1) is 15.2. The summed E-state index contributed by atoms with van der Waals surface area (Å²) in [4.78, 5) is 8.90. The molecule has 4 N–H and O–H groups in total. The smallest absolute Gasteiger partial charge is 0.475 e. The normalized spacial score (nSPS) is 34.7. The number of hydrogen-bond acceptors (Lipinski definition) is 4. The molecule has 2 bridgehead atoms. The lowest BCUT2D eigenvalue weighted by Gasteiger charge is -2.50. The summed E-state index contributed by atoms with van der Waals surface area (Å²) in [6.07, 6.45) is -1.21. The molecule has 5 nitrogen and oxygen atoms in total. The summed E-state index contributed by atoms with van der Waals surface area (Å²) in [6, 6.07) is 0. The number of rotatable bonds is 1. The molecule has 0 aromatic heterocycles. The summed E-state index contributed by atoms with van der Waals surface area (Å²) in [5.41, 5.74) is 5.71. The Bertz CT molecular complexity index is 294. The highest BCUT2D eigenvalue weighted by molar-refractivity contribution is 5.73. The van der Waals surface area contributed by atoms with Crippen LogP contribution in [0.1, 0.15) is 25.7 Å². The average Bonchev–Trinajstić information content (AvgIpc) is 2.30. The first-order valence-corrected chi connectivity index (χ1v) is 5.46. The highest BCUT2D eigenvalue weighted by Crippen LogP contribution is 2.41. The highest BCUT2D eigenvalue weighted by atomic mass is 19.4. The van der Waals surface area contributed by atoms with Gasteiger partial charge in [0.25, 0.3) is 0 Å². The molecule has 2 saturated heterocycles. The predicted molar refractivity (Wildman–Crippen MR) is 54.8 cm³/mol. The van der Waals surface area contributed by atoms with Crippen LogP contribution in [0.3, 0.4) is 0 Å². The van der Waals surface area contributed by atoms with E-state index in [4.69, 9.17) is 25.5 Å². The van der Waals surface area contributed by atoms with E-state index in [1.165, 1.54) is 0 Å². The van der Waals surface area contributed by atoms with E-state index in [1.807, 2.05) is 0 Å². The Morgan fingerprint density at radius 1 is 1.28 bits per heavy atom. The second-order valence-corrected chi connectivity index (χ2v) is 4.80. The van der Waals surface area contributed by atoms with Crippen molar-refractivity contribution in [3.8, 4) is 0 Å². The van der Waals surface area contributed by atoms with E-state index in [0.29, 0.717) is 6.61 Å². The van der Waals surface area contributed by atoms with Gasteiger partial charge < -0.3 is 20.7 Å². The number of alkyl halides is 3. The molecule has 2 aliphatic heterocycles. The molecule has 3 fully saturated rings. The molecule has 3 aliphatic rings. The van der Waals surface area contributed by atoms with Gasteiger partial charge >= 0.3 is 12.1 Å². The summed E-state index contributed by atoms with van der Waals surface area (Å²) in [6.45, 7) is 0.788. The van der Waals surface area contributed by atoms with E-state index in [0.717, 1.165) is 25.7 Å². The molecule has 106 valence electrons. The molecular formula is C10H16F3NO4. The molecular weight excluding hydrogens is 255 g/mol. The van der Waals surface area contributed by atoms with Crippen LogP contribution in [0.15, 0.2) is 0 Å². The van der Waals surface area contributed by atoms with Crippen molar-refractivity contribution in [2.24, 2.45) is 5.73 Å². The Hall–Kier alpha value is -0.860. The summed E-state index contributed by atoms with van der Waals surface area (Å²) in [5, 5.41) is 16.2. The third kappa shape index (κ3) is 3.56. The van der Waals surface area contributed by atoms with Gasteiger partial charge in [-0.2, -0.15) is 13.2 Å². The highest BCUT2D eigenvalue weighted by Gasteiger charge is 2.47. The van der Waals surface area contributed by atoms with Crippen molar-refractivity contribution in [1.29, 1.82) is 0 Å². The Morgan fingerprint density at radius 3 is 1.94 bits per heavy atom. The van der Waals surface area contributed by atoms with Gasteiger partial charge in [0, 0.05) is 5.54 Å². The van der Waals surface area contributed by atoms with Gasteiger partial charge in [-0.1, -0.05) is 0 Å². The molecule has 0 atom stereocenters. The monoisotopic (exact) mass is 271 g/mol. The number of aliphatic hydroxyl groups is 1. The second kappa shape index (κ2) is 5.02. The number of carboxylic acid groups (broad SMARTS) is 1. The molecule has 8 heteroatoms. The van der Waals surface area contributed by atoms with Crippen LogP contribution in [0.5, 0.6) is 0 Å². The van der Waals surface area contributed by atoms with E-state index < -0.39 is 12.1 Å². The number of aliphatic hydroxyl groups excluding tert-OH is 1. The van der Waals surface area contributed by atoms with Crippen molar-refractivity contribution >= 4 is 5.97 Å². The quantitative estimate of drug-likeness (QED) is 0.651. The zero-order valence-corrected chi connectivity index (χ0v) is 9.66. The maximum Gasteiger partial charge on any atom is 0.490 e. The summed E-state index contributed by atoms with van der Waals surface area (Å²) >= 11 is 0. The minimum atomic E-state index is -5.08. The second-order valence-electron chi connectivity index (χ2n) is 4.80. The van der Waals surface area contributed by atoms with Crippen LogP contribution in [0, 0.1) is 0 Å². The van der Waals surface area contributed by atoms with Gasteiger partial charge in [0.05, 0.1) is 18.8 Å². The van der Waals surface area contributed by atoms with Crippen LogP contribution in [0.25, 0.3) is 0 Å². The number of carbonyl (C=O) groups is 1. The number of hydrogen-bond donors (Lipinski definition) is 3. The summed E-state index contributed by atoms with van der Waals surface area (Å²) < 4.78 is 37.3. The number of halogens is 3. The Morgan fingerprint density at radius 2 is 1.72 bits per heavy atom. The third-order valence-electron chi connectivity index (χ3n) is 3.35. The molecule has 0 amide bonds. The minimum absolute atomic E-state index is 0.0725. The largest absolute Gasteiger partial charge is 0.490 e. The van der Waals surface area contributed by atoms with E-state index in [9.17, 15) is 13.2 Å². The molecule has 0 unspecified atom stereocenters. The molecule has 1 aliphatic carbocycles. The predicted octanol–water partition coefficient (Wildman–Crippen LogP) is 0.652. The zero-order valence-electron chi connectivity index (χ0n) is 9.66. The SMILES string of the molecule is NC12CCC(CO)(CC1)OC2.O=C(O)C(F)(F)F. The molecule has 0 spiro atoms. The maximum absolute atomic E-state index is 10.6. The van der Waals surface area contributed by atoms with Gasteiger partial charge in [0.15, 0.2) is 0 Å². The van der Waals surface area contributed by atoms with Crippen molar-refractivity contribution in [1.82, 2.24) is 0 Å². The third-order valence-corrected chi connectivity index (χ3v) is 3.35. The van der Waals surface area contributed by atoms with Gasteiger partial charge in [-0.25, -0.2) is 4.79 Å². The van der Waals surface area contributed by atoms with Crippen LogP contribution in [0.2, 0.25) is 0 Å². The Labute approximate surface area is 102 Å². The topological polar surface area (TPSA) is 92.8 Å². The standard InChI is InChI=1S/C8H15NO2.C2HF3O2/c9-7-1-3-8(5-10,4-2-7)11-6-7;3-2(4,5)1(6)7/h10H,1-6,9H2;(H,6,7). The van der Waals surface area contributed by atoms with Crippen LogP contribution < -0.4 is 5.73 Å². The van der Waals surface area contributed by atoms with Crippen LogP contribution >= 0.6 is 0 Å². The van der Waals surface area contributed by atoms with Crippen molar-refractivity contribution in [3.63, 3.8) is 0 Å². The van der Waals surface area contributed by atoms with Crippen molar-refractivity contribution in [3.05, 3.63) is 0 Å². The first-order valence-electron chi connectivity index (χ1n) is 5.46. The van der Waals surface area contributed by atoms with Crippen molar-refractivity contribution in [2.45, 2.75) is 43.0 Å². The van der Waals surface area contributed by atoms with Gasteiger partial charge in [-0.15, -0.1) is 0 Å². The molecule has 0 aromatic carbocycles. The molecule has 2 heterocycles. The summed E-state index contributed by atoms with van der Waals surface area (Å²) in [5.74, 6) is -2.76. The van der Waals surface area contributed by atoms with Crippen LogP contribution in [-0.4, -0.2) is 46.7 Å². The minimum Gasteiger partial charge on any atom is -0.475 e. The van der Waals surface area contributed by atoms with Crippen LogP contribution in [-0.2, 0) is 9.53 Å². The van der Waals surface area contributed by atoms with Gasteiger partial charge in [0.2, 0.25) is 0 Å². The van der Waals surface area contributed by atoms with Crippen molar-refractivity contribution < 1.29 is 32.9 Å². The lowest BCUT2D eigenvalue weighted by atomic mass is 9.72. The number of ether oxygens (including phenoxy) is 1. The fourth-order valence-electron chi connectivity index (χ4n) is 1.99. The molecule has 0 aromatic rings. The number of aliphatic carboxylic acids is 1. The fourth-order valence-corrected chi connectivity index (χ4v) is 1.99. The maximum atomic E-state index is 10.6. The number of fused-ring (bicyclic) bond motifs is 3. The van der Waals surface area contributed by atoms with E-state index in [-0.39, 0.29) is 17.7 Å². The van der Waals surface area contributed by atoms with E-state index >= 15 is 0 Å². The van der Waals surface area contributed by atoms with Gasteiger partial charge in [0.1, 0.15) is 0 Å². The van der Waals surface area contributed by atoms with E-state index in [1.54, 1.807) is 0 Å². The average molecular weight is 271 g/mol. The van der Waals surface area contributed by atoms with Gasteiger partial charge in [-0.3, -0.25) is 0 Å². The molecule has 1 saturated carbocycles. The molecule has 0 radical (unpaired) electrons. The number of nitrogens with two attached hydrogens (primary N) is 1. The fraction of sp³-hybridized carbons (Fsp3) is 0.900. The molecule has 18 heavy (non-hydrogen) atoms. The Balaban J connectivity index is 0.000000203. The first-order chi connectivity index (χ1) is 8.13. The number of carboxylic acids is 1. The van der Waals surface area contributed by atoms with Crippen LogP contribution in [0.4, 0.5) is 13.2 Å². The molecule has 3 rings (SSSR count). The summed E-state index contributed by atoms with van der Waals surface area (Å²) in [7, 11) is 0. The Kier molecular flexibility index (Phi) is 4.24. The lowest BCUT2D eigenvalue weighted by Crippen LogP contribution is -2.60. The lowest BCUT2D eigenvalue weighted by molar-refractivity contribution is -0.192. The van der Waals surface area contributed by atoms with Gasteiger partial charge in [-0.05, 0) is 25.7 Å². The van der Waals surface area contributed by atoms with E-state index in [2.05, 4.69) is 0 Å².